The smallest absolute Gasteiger partial charge is 0.205 e. The minimum absolute atomic E-state index is 0.0636. The Morgan fingerprint density at radius 1 is 1.24 bits per heavy atom. The number of anilines is 1. The number of hydrogen-bond donors (Lipinski definition) is 2. The first-order valence-electron chi connectivity index (χ1n) is 13.2. The van der Waals surface area contributed by atoms with Gasteiger partial charge in [0.2, 0.25) is 5.82 Å². The highest BCUT2D eigenvalue weighted by Gasteiger charge is 2.52. The molecule has 0 radical (unpaired) electrons. The second kappa shape index (κ2) is 7.93. The largest absolute Gasteiger partial charge is 0.507 e. The molecule has 2 bridgehead atoms. The van der Waals surface area contributed by atoms with Crippen LogP contribution in [0, 0.1) is 0 Å². The Balaban J connectivity index is 1.25. The van der Waals surface area contributed by atoms with E-state index in [2.05, 4.69) is 40.8 Å². The van der Waals surface area contributed by atoms with Crippen LogP contribution >= 0.6 is 0 Å². The number of phenols is 1. The van der Waals surface area contributed by atoms with Crippen LogP contribution in [0.15, 0.2) is 24.4 Å². The van der Waals surface area contributed by atoms with E-state index in [1.54, 1.807) is 18.3 Å². The van der Waals surface area contributed by atoms with E-state index in [1.165, 1.54) is 6.07 Å². The van der Waals surface area contributed by atoms with Crippen LogP contribution in [-0.4, -0.2) is 70.3 Å². The highest BCUT2D eigenvalue weighted by Crippen LogP contribution is 2.42. The molecule has 11 heteroatoms. The maximum absolute atomic E-state index is 15.8. The van der Waals surface area contributed by atoms with Crippen LogP contribution in [-0.2, 0) is 6.98 Å². The van der Waals surface area contributed by atoms with Crippen molar-refractivity contribution in [2.24, 2.45) is 6.98 Å². The number of aromatic nitrogens is 7. The Bertz CT molecular complexity index is 1300. The highest BCUT2D eigenvalue weighted by molar-refractivity contribution is 5.70. The molecule has 4 heterocycles. The molecule has 2 N–H and O–H groups in total. The predicted octanol–water partition coefficient (Wildman–Crippen LogP) is 2.41. The average Bonchev–Trinajstić information content (AvgIpc) is 3.55. The molecule has 3 fully saturated rings. The lowest BCUT2D eigenvalue weighted by molar-refractivity contribution is 0.0385. The van der Waals surface area contributed by atoms with Crippen molar-refractivity contribution in [1.29, 1.82) is 0 Å². The number of tetrazole rings is 1. The van der Waals surface area contributed by atoms with Gasteiger partial charge in [-0.05, 0) is 62.8 Å². The van der Waals surface area contributed by atoms with Crippen molar-refractivity contribution in [1.82, 2.24) is 40.7 Å². The number of aromatic hydroxyl groups is 1. The molecule has 3 aliphatic rings. The Morgan fingerprint density at radius 2 is 2.12 bits per heavy atom. The molecule has 3 aromatic rings. The van der Waals surface area contributed by atoms with E-state index in [4.69, 9.17) is 4.11 Å². The number of phenolic OH excluding ortho intramolecular Hbond substituents is 1. The fourth-order valence-corrected chi connectivity index (χ4v) is 5.49. The molecular weight excluding hydrogens is 437 g/mol. The second-order valence-corrected chi connectivity index (χ2v) is 9.77. The van der Waals surface area contributed by atoms with Crippen LogP contribution < -0.4 is 10.2 Å². The lowest BCUT2D eigenvalue weighted by Crippen LogP contribution is -2.69. The molecule has 34 heavy (non-hydrogen) atoms. The van der Waals surface area contributed by atoms with Gasteiger partial charge in [-0.3, -0.25) is 0 Å². The van der Waals surface area contributed by atoms with Gasteiger partial charge in [0.05, 0.1) is 24.8 Å². The van der Waals surface area contributed by atoms with E-state index in [9.17, 15) is 5.11 Å². The van der Waals surface area contributed by atoms with Gasteiger partial charge in [-0.2, -0.15) is 4.80 Å². The van der Waals surface area contributed by atoms with Crippen LogP contribution in [0.1, 0.15) is 49.6 Å². The van der Waals surface area contributed by atoms with Gasteiger partial charge in [-0.15, -0.1) is 20.4 Å². The third-order valence-electron chi connectivity index (χ3n) is 7.28. The van der Waals surface area contributed by atoms with Crippen molar-refractivity contribution < 1.29 is 13.6 Å². The lowest BCUT2D eigenvalue weighted by atomic mass is 9.73. The van der Waals surface area contributed by atoms with Crippen molar-refractivity contribution >= 4 is 5.82 Å². The molecule has 2 saturated heterocycles. The average molecular weight is 469 g/mol. The number of hydrogen-bond acceptors (Lipinski definition) is 9. The molecule has 4 atom stereocenters. The van der Waals surface area contributed by atoms with Crippen LogP contribution in [0.25, 0.3) is 22.8 Å². The van der Waals surface area contributed by atoms with Crippen LogP contribution in [0.5, 0.6) is 5.75 Å². The summed E-state index contributed by atoms with van der Waals surface area (Å²) in [5, 5.41) is 34.0. The fourth-order valence-electron chi connectivity index (χ4n) is 5.49. The van der Waals surface area contributed by atoms with Crippen molar-refractivity contribution in [3.05, 3.63) is 24.4 Å². The van der Waals surface area contributed by atoms with Gasteiger partial charge in [0.25, 0.3) is 0 Å². The molecule has 178 valence electrons. The van der Waals surface area contributed by atoms with Crippen molar-refractivity contribution in [2.45, 2.75) is 75.3 Å². The second-order valence-electron chi connectivity index (χ2n) is 9.77. The molecule has 1 aromatic carbocycles. The summed E-state index contributed by atoms with van der Waals surface area (Å²) >= 11 is 0. The summed E-state index contributed by atoms with van der Waals surface area (Å²) in [5.74, 6) is 0.686. The van der Waals surface area contributed by atoms with Crippen LogP contribution in [0.3, 0.4) is 0 Å². The summed E-state index contributed by atoms with van der Waals surface area (Å²) in [6, 6.07) is 4.84. The Labute approximate surface area is 200 Å². The number of alkyl halides is 1. The molecular formula is C23H28FN9O. The summed E-state index contributed by atoms with van der Waals surface area (Å²) in [6.45, 7) is -0.560. The summed E-state index contributed by atoms with van der Waals surface area (Å²) in [5.41, 5.74) is 0.202. The Hall–Kier alpha value is -3.21. The van der Waals surface area contributed by atoms with Gasteiger partial charge in [-0.25, -0.2) is 9.37 Å². The molecule has 0 unspecified atom stereocenters. The number of halogens is 1. The minimum atomic E-state index is -2.55. The SMILES string of the molecule is [2H]C([2H])([2H])n1nnc(-c2ccc(-c3ncc(N(C4CC4)[C@@H]4C[C@@H]5CCC[C@](C)(N5)[C@@H]4F)nn3)c(O)c2)n1. The number of aryl methyl sites for hydroxylation is 1. The summed E-state index contributed by atoms with van der Waals surface area (Å²) in [7, 11) is 0. The van der Waals surface area contributed by atoms with E-state index < -0.39 is 18.7 Å². The van der Waals surface area contributed by atoms with Gasteiger partial charge in [0.15, 0.2) is 11.6 Å². The Kier molecular flexibility index (Phi) is 4.24. The van der Waals surface area contributed by atoms with E-state index in [1.807, 2.05) is 6.92 Å². The number of rotatable bonds is 5. The molecule has 0 spiro atoms. The topological polar surface area (TPSA) is 118 Å². The van der Waals surface area contributed by atoms with E-state index in [-0.39, 0.29) is 29.5 Å². The summed E-state index contributed by atoms with van der Waals surface area (Å²) in [6.07, 6.45) is 6.19. The van der Waals surface area contributed by atoms with E-state index in [0.29, 0.717) is 27.8 Å². The van der Waals surface area contributed by atoms with Crippen molar-refractivity contribution in [3.8, 4) is 28.5 Å². The van der Waals surface area contributed by atoms with Crippen molar-refractivity contribution in [3.63, 3.8) is 0 Å². The summed E-state index contributed by atoms with van der Waals surface area (Å²) < 4.78 is 37.9. The number of fused-ring (bicyclic) bond motifs is 2. The van der Waals surface area contributed by atoms with Crippen LogP contribution in [0.2, 0.25) is 0 Å². The van der Waals surface area contributed by atoms with Gasteiger partial charge in [-0.1, -0.05) is 6.07 Å². The van der Waals surface area contributed by atoms with E-state index >= 15 is 4.39 Å². The molecule has 10 nitrogen and oxygen atoms in total. The molecule has 2 aliphatic heterocycles. The zero-order chi connectivity index (χ0) is 25.9. The summed E-state index contributed by atoms with van der Waals surface area (Å²) in [4.78, 5) is 7.08. The maximum atomic E-state index is 15.8. The van der Waals surface area contributed by atoms with Crippen LogP contribution in [0.4, 0.5) is 10.2 Å². The van der Waals surface area contributed by atoms with Crippen molar-refractivity contribution in [2.75, 3.05) is 4.90 Å². The highest BCUT2D eigenvalue weighted by atomic mass is 19.1. The predicted molar refractivity (Wildman–Crippen MR) is 123 cm³/mol. The standard InChI is InChI=1S/C23H28FN9O/c1-23-9-3-4-14(26-23)11-17(20(23)24)33(15-6-7-15)19-12-25-22(28-27-19)16-8-5-13(10-18(16)34)21-29-31-32(2)30-21/h5,8,10,12,14-15,17,20,26,34H,3-4,6-7,9,11H2,1-2H3/t14-,17+,20+,23-/m0/s1/i2D3. The molecule has 1 saturated carbocycles. The van der Waals surface area contributed by atoms with Gasteiger partial charge in [0, 0.05) is 27.3 Å². The first kappa shape index (κ1) is 18.2. The van der Waals surface area contributed by atoms with E-state index in [0.717, 1.165) is 38.5 Å². The number of piperidine rings is 2. The third kappa shape index (κ3) is 3.67. The van der Waals surface area contributed by atoms with Gasteiger partial charge < -0.3 is 15.3 Å². The first-order valence-corrected chi connectivity index (χ1v) is 11.7. The molecule has 6 rings (SSSR count). The zero-order valence-electron chi connectivity index (χ0n) is 21.8. The monoisotopic (exact) mass is 468 g/mol. The minimum Gasteiger partial charge on any atom is -0.507 e. The maximum Gasteiger partial charge on any atom is 0.205 e. The zero-order valence-corrected chi connectivity index (χ0v) is 18.8. The molecule has 2 aromatic heterocycles. The number of nitrogens with one attached hydrogen (secondary N) is 1. The first-order chi connectivity index (χ1) is 17.6. The quantitative estimate of drug-likeness (QED) is 0.582. The number of nitrogens with zero attached hydrogens (tertiary/aromatic N) is 8. The Morgan fingerprint density at radius 3 is 2.82 bits per heavy atom. The fraction of sp³-hybridized carbons (Fsp3) is 0.565. The lowest BCUT2D eigenvalue weighted by Gasteiger charge is -2.52. The van der Waals surface area contributed by atoms with Gasteiger partial charge in [0.1, 0.15) is 11.9 Å². The van der Waals surface area contributed by atoms with Gasteiger partial charge >= 0.3 is 0 Å². The normalized spacial score (nSPS) is 30.3. The molecule has 1 aliphatic carbocycles. The third-order valence-corrected chi connectivity index (χ3v) is 7.28. The molecule has 0 amide bonds. The number of benzene rings is 1.